The van der Waals surface area contributed by atoms with Crippen molar-refractivity contribution in [2.75, 3.05) is 0 Å². The van der Waals surface area contributed by atoms with Gasteiger partial charge in [0.15, 0.2) is 9.76 Å². The molecular formula is C16H36OSi. The lowest BCUT2D eigenvalue weighted by Gasteiger charge is -2.27. The first-order valence-corrected chi connectivity index (χ1v) is 9.90. The van der Waals surface area contributed by atoms with Crippen molar-refractivity contribution in [2.24, 2.45) is 0 Å². The SMILES string of the molecule is CCCCCCCCCC[SiH2]OC(C)(CC)CC. The second-order valence-electron chi connectivity index (χ2n) is 5.83. The maximum absolute atomic E-state index is 6.13. The Bertz CT molecular complexity index is 166. The summed E-state index contributed by atoms with van der Waals surface area (Å²) < 4.78 is 6.13. The van der Waals surface area contributed by atoms with Crippen LogP contribution in [-0.2, 0) is 4.43 Å². The van der Waals surface area contributed by atoms with Crippen LogP contribution >= 0.6 is 0 Å². The zero-order chi connectivity index (χ0) is 13.7. The predicted octanol–water partition coefficient (Wildman–Crippen LogP) is 5.22. The van der Waals surface area contributed by atoms with Crippen molar-refractivity contribution in [1.82, 2.24) is 0 Å². The molecule has 18 heavy (non-hydrogen) atoms. The molecule has 0 saturated carbocycles. The fraction of sp³-hybridized carbons (Fsp3) is 1.00. The molecular weight excluding hydrogens is 236 g/mol. The largest absolute Gasteiger partial charge is 0.419 e. The molecule has 0 atom stereocenters. The molecule has 0 aromatic heterocycles. The molecule has 0 aromatic rings. The van der Waals surface area contributed by atoms with E-state index in [9.17, 15) is 0 Å². The van der Waals surface area contributed by atoms with Crippen molar-refractivity contribution >= 4 is 9.76 Å². The molecule has 0 unspecified atom stereocenters. The maximum Gasteiger partial charge on any atom is 0.162 e. The first kappa shape index (κ1) is 18.2. The molecule has 2 heteroatoms. The van der Waals surface area contributed by atoms with E-state index < -0.39 is 0 Å². The Balaban J connectivity index is 3.21. The quantitative estimate of drug-likeness (QED) is 0.330. The lowest BCUT2D eigenvalue weighted by atomic mass is 10.0. The normalized spacial score (nSPS) is 12.7. The van der Waals surface area contributed by atoms with Crippen molar-refractivity contribution in [3.8, 4) is 0 Å². The summed E-state index contributed by atoms with van der Waals surface area (Å²) in [5.41, 5.74) is 0.187. The average Bonchev–Trinajstić information content (AvgIpc) is 2.40. The molecule has 0 amide bonds. The highest BCUT2D eigenvalue weighted by atomic mass is 28.2. The summed E-state index contributed by atoms with van der Waals surface area (Å²) in [6, 6.07) is 1.38. The van der Waals surface area contributed by atoms with Gasteiger partial charge in [-0.3, -0.25) is 0 Å². The minimum atomic E-state index is -0.262. The van der Waals surface area contributed by atoms with E-state index in [2.05, 4.69) is 27.7 Å². The topological polar surface area (TPSA) is 9.23 Å². The van der Waals surface area contributed by atoms with Gasteiger partial charge in [-0.1, -0.05) is 72.1 Å². The molecule has 0 aromatic carbocycles. The molecule has 0 aliphatic carbocycles. The van der Waals surface area contributed by atoms with Gasteiger partial charge >= 0.3 is 0 Å². The molecule has 0 spiro atoms. The van der Waals surface area contributed by atoms with Gasteiger partial charge in [0.2, 0.25) is 0 Å². The highest BCUT2D eigenvalue weighted by Gasteiger charge is 2.18. The summed E-state index contributed by atoms with van der Waals surface area (Å²) >= 11 is 0. The number of hydrogen-bond acceptors (Lipinski definition) is 1. The van der Waals surface area contributed by atoms with Gasteiger partial charge in [-0.25, -0.2) is 0 Å². The Labute approximate surface area is 118 Å². The minimum absolute atomic E-state index is 0.187. The molecule has 0 saturated heterocycles. The third kappa shape index (κ3) is 10.1. The summed E-state index contributed by atoms with van der Waals surface area (Å²) in [7, 11) is -0.262. The second kappa shape index (κ2) is 12.2. The van der Waals surface area contributed by atoms with Gasteiger partial charge in [0.05, 0.1) is 5.60 Å². The zero-order valence-electron chi connectivity index (χ0n) is 13.4. The fourth-order valence-corrected chi connectivity index (χ4v) is 3.79. The highest BCUT2D eigenvalue weighted by Crippen LogP contribution is 2.19. The van der Waals surface area contributed by atoms with Crippen LogP contribution in [0.1, 0.15) is 91.9 Å². The number of unbranched alkanes of at least 4 members (excludes halogenated alkanes) is 7. The third-order valence-electron chi connectivity index (χ3n) is 4.19. The van der Waals surface area contributed by atoms with E-state index in [0.29, 0.717) is 0 Å². The smallest absolute Gasteiger partial charge is 0.162 e. The summed E-state index contributed by atoms with van der Waals surface area (Å²) in [5.74, 6) is 0. The monoisotopic (exact) mass is 272 g/mol. The van der Waals surface area contributed by atoms with E-state index in [0.717, 1.165) is 12.8 Å². The number of hydrogen-bond donors (Lipinski definition) is 0. The van der Waals surface area contributed by atoms with Gasteiger partial charge < -0.3 is 4.43 Å². The van der Waals surface area contributed by atoms with Gasteiger partial charge in [-0.2, -0.15) is 0 Å². The number of rotatable bonds is 13. The summed E-state index contributed by atoms with van der Waals surface area (Å²) in [6.07, 6.45) is 13.7. The highest BCUT2D eigenvalue weighted by molar-refractivity contribution is 6.27. The van der Waals surface area contributed by atoms with Crippen molar-refractivity contribution in [2.45, 2.75) is 104 Å². The van der Waals surface area contributed by atoms with Crippen LogP contribution < -0.4 is 0 Å². The third-order valence-corrected chi connectivity index (χ3v) is 5.88. The molecule has 0 fully saturated rings. The van der Waals surface area contributed by atoms with Crippen molar-refractivity contribution < 1.29 is 4.43 Å². The Morgan fingerprint density at radius 2 is 1.28 bits per heavy atom. The molecule has 0 aliphatic rings. The standard InChI is InChI=1S/C16H36OSi/c1-5-8-9-10-11-12-13-14-15-18-17-16(4,6-2)7-3/h5-15,18H2,1-4H3. The molecule has 0 heterocycles. The Morgan fingerprint density at radius 1 is 0.778 bits per heavy atom. The summed E-state index contributed by atoms with van der Waals surface area (Å²) in [5, 5.41) is 0. The van der Waals surface area contributed by atoms with Crippen LogP contribution in [-0.4, -0.2) is 15.4 Å². The molecule has 0 aliphatic heterocycles. The van der Waals surface area contributed by atoms with Gasteiger partial charge in [0, 0.05) is 0 Å². The van der Waals surface area contributed by atoms with Crippen molar-refractivity contribution in [1.29, 1.82) is 0 Å². The molecule has 0 rings (SSSR count). The van der Waals surface area contributed by atoms with Crippen LogP contribution in [0.2, 0.25) is 6.04 Å². The molecule has 0 N–H and O–H groups in total. The maximum atomic E-state index is 6.13. The first-order chi connectivity index (χ1) is 8.68. The Kier molecular flexibility index (Phi) is 12.3. The summed E-state index contributed by atoms with van der Waals surface area (Å²) in [4.78, 5) is 0. The van der Waals surface area contributed by atoms with E-state index in [-0.39, 0.29) is 15.4 Å². The van der Waals surface area contributed by atoms with E-state index in [4.69, 9.17) is 4.43 Å². The molecule has 0 radical (unpaired) electrons. The summed E-state index contributed by atoms with van der Waals surface area (Å²) in [6.45, 7) is 9.04. The zero-order valence-corrected chi connectivity index (χ0v) is 14.8. The van der Waals surface area contributed by atoms with Crippen LogP contribution in [0.3, 0.4) is 0 Å². The minimum Gasteiger partial charge on any atom is -0.419 e. The van der Waals surface area contributed by atoms with Crippen LogP contribution in [0.4, 0.5) is 0 Å². The van der Waals surface area contributed by atoms with E-state index in [1.165, 1.54) is 57.4 Å². The predicted molar refractivity (Wildman–Crippen MR) is 86.0 cm³/mol. The van der Waals surface area contributed by atoms with Gasteiger partial charge in [-0.05, 0) is 25.8 Å². The second-order valence-corrected chi connectivity index (χ2v) is 7.24. The van der Waals surface area contributed by atoms with E-state index in [1.807, 2.05) is 0 Å². The van der Waals surface area contributed by atoms with Crippen molar-refractivity contribution in [3.63, 3.8) is 0 Å². The fourth-order valence-electron chi connectivity index (χ4n) is 2.19. The lowest BCUT2D eigenvalue weighted by molar-refractivity contribution is 0.0850. The van der Waals surface area contributed by atoms with Crippen LogP contribution in [0.15, 0.2) is 0 Å². The van der Waals surface area contributed by atoms with Crippen LogP contribution in [0.5, 0.6) is 0 Å². The van der Waals surface area contributed by atoms with Crippen LogP contribution in [0, 0.1) is 0 Å². The van der Waals surface area contributed by atoms with E-state index in [1.54, 1.807) is 0 Å². The molecule has 0 bridgehead atoms. The van der Waals surface area contributed by atoms with Gasteiger partial charge in [0.25, 0.3) is 0 Å². The Hall–Kier alpha value is 0.177. The lowest BCUT2D eigenvalue weighted by Crippen LogP contribution is -2.28. The Morgan fingerprint density at radius 3 is 1.78 bits per heavy atom. The van der Waals surface area contributed by atoms with Gasteiger partial charge in [-0.15, -0.1) is 0 Å². The van der Waals surface area contributed by atoms with E-state index >= 15 is 0 Å². The average molecular weight is 273 g/mol. The molecule has 1 nitrogen and oxygen atoms in total. The molecule has 110 valence electrons. The first-order valence-electron chi connectivity index (χ1n) is 8.32. The van der Waals surface area contributed by atoms with Crippen molar-refractivity contribution in [3.05, 3.63) is 0 Å². The van der Waals surface area contributed by atoms with Gasteiger partial charge in [0.1, 0.15) is 0 Å². The van der Waals surface area contributed by atoms with Crippen LogP contribution in [0.25, 0.3) is 0 Å².